The number of amides is 1. The molecule has 0 spiro atoms. The fourth-order valence-corrected chi connectivity index (χ4v) is 7.09. The number of aryl methyl sites for hydroxylation is 1. The number of anilines is 2. The van der Waals surface area contributed by atoms with E-state index in [1.165, 1.54) is 11.3 Å². The van der Waals surface area contributed by atoms with E-state index in [0.717, 1.165) is 12.8 Å². The fraction of sp³-hybridized carbons (Fsp3) is 0.688. The van der Waals surface area contributed by atoms with Crippen molar-refractivity contribution in [3.63, 3.8) is 0 Å². The van der Waals surface area contributed by atoms with E-state index in [1.54, 1.807) is 4.90 Å². The van der Waals surface area contributed by atoms with E-state index < -0.39 is 17.7 Å². The highest BCUT2D eigenvalue weighted by atomic mass is 19.3. The maximum atomic E-state index is 14.3. The van der Waals surface area contributed by atoms with E-state index in [4.69, 9.17) is 9.47 Å². The summed E-state index contributed by atoms with van der Waals surface area (Å²) in [6.45, 7) is 15.6. The van der Waals surface area contributed by atoms with Crippen molar-refractivity contribution >= 4 is 17.6 Å². The quantitative estimate of drug-likeness (QED) is 0.459. The summed E-state index contributed by atoms with van der Waals surface area (Å²) in [5, 5.41) is 14.6. The van der Waals surface area contributed by atoms with Gasteiger partial charge >= 0.3 is 6.09 Å². The van der Waals surface area contributed by atoms with Gasteiger partial charge in [-0.05, 0) is 53.0 Å². The summed E-state index contributed by atoms with van der Waals surface area (Å²) in [7, 11) is 0. The lowest BCUT2D eigenvalue weighted by Crippen LogP contribution is -2.68. The second-order valence-corrected chi connectivity index (χ2v) is 13.7. The molecule has 1 amide bonds. The topological polar surface area (TPSA) is 103 Å². The fourth-order valence-electron chi connectivity index (χ4n) is 7.09. The van der Waals surface area contributed by atoms with Crippen LogP contribution >= 0.6 is 0 Å². The molecular formula is C32H44F2N8O3. The van der Waals surface area contributed by atoms with Gasteiger partial charge in [-0.1, -0.05) is 0 Å². The Morgan fingerprint density at radius 2 is 1.82 bits per heavy atom. The van der Waals surface area contributed by atoms with Crippen molar-refractivity contribution in [2.24, 2.45) is 0 Å². The number of carbonyl (C=O) groups is 1. The molecule has 4 saturated heterocycles. The molecule has 0 aliphatic carbocycles. The first-order valence-electron chi connectivity index (χ1n) is 16.0. The minimum atomic E-state index is -2.86. The van der Waals surface area contributed by atoms with Crippen LogP contribution in [0.3, 0.4) is 0 Å². The number of rotatable bonds is 6. The number of alkyl halides is 2. The van der Waals surface area contributed by atoms with Gasteiger partial charge in [-0.15, -0.1) is 0 Å². The molecule has 4 fully saturated rings. The zero-order valence-electron chi connectivity index (χ0n) is 26.9. The van der Waals surface area contributed by atoms with E-state index in [-0.39, 0.29) is 29.8 Å². The zero-order chi connectivity index (χ0) is 32.0. The van der Waals surface area contributed by atoms with Crippen molar-refractivity contribution in [2.75, 3.05) is 68.8 Å². The van der Waals surface area contributed by atoms with Gasteiger partial charge in [-0.2, -0.15) is 10.4 Å². The third-order valence-corrected chi connectivity index (χ3v) is 9.71. The van der Waals surface area contributed by atoms with Gasteiger partial charge < -0.3 is 24.2 Å². The van der Waals surface area contributed by atoms with E-state index in [2.05, 4.69) is 43.3 Å². The minimum Gasteiger partial charge on any atom is -0.444 e. The van der Waals surface area contributed by atoms with Crippen molar-refractivity contribution < 1.29 is 23.0 Å². The van der Waals surface area contributed by atoms with Crippen LogP contribution in [0.2, 0.25) is 0 Å². The summed E-state index contributed by atoms with van der Waals surface area (Å²) in [6, 6.07) is 4.35. The molecule has 0 bridgehead atoms. The summed E-state index contributed by atoms with van der Waals surface area (Å²) in [5.74, 6) is 0.820. The molecule has 11 nitrogen and oxygen atoms in total. The third-order valence-electron chi connectivity index (χ3n) is 9.71. The predicted octanol–water partition coefficient (Wildman–Crippen LogP) is 4.48. The maximum Gasteiger partial charge on any atom is 0.410 e. The summed E-state index contributed by atoms with van der Waals surface area (Å²) in [6.07, 6.45) is 0.486. The molecule has 0 unspecified atom stereocenters. The van der Waals surface area contributed by atoms with E-state index in [9.17, 15) is 18.8 Å². The maximum absolute atomic E-state index is 14.3. The zero-order valence-corrected chi connectivity index (χ0v) is 26.9. The summed E-state index contributed by atoms with van der Waals surface area (Å²) in [4.78, 5) is 25.1. The Kier molecular flexibility index (Phi) is 8.65. The molecule has 0 saturated carbocycles. The minimum absolute atomic E-state index is 0.00966. The van der Waals surface area contributed by atoms with Gasteiger partial charge in [0.15, 0.2) is 0 Å². The Balaban J connectivity index is 1.14. The number of hydrogen-bond donors (Lipinski definition) is 0. The van der Waals surface area contributed by atoms with Crippen LogP contribution in [-0.2, 0) is 9.47 Å². The van der Waals surface area contributed by atoms with Crippen molar-refractivity contribution in [1.82, 2.24) is 24.6 Å². The number of halogens is 2. The normalized spacial score (nSPS) is 23.6. The van der Waals surface area contributed by atoms with Gasteiger partial charge in [0.1, 0.15) is 28.7 Å². The molecule has 0 radical (unpaired) electrons. The smallest absolute Gasteiger partial charge is 0.410 e. The lowest BCUT2D eigenvalue weighted by atomic mass is 9.90. The average Bonchev–Trinajstić information content (AvgIpc) is 3.34. The second kappa shape index (κ2) is 12.4. The van der Waals surface area contributed by atoms with E-state index in [1.807, 2.05) is 39.1 Å². The number of nitriles is 1. The van der Waals surface area contributed by atoms with Crippen molar-refractivity contribution in [3.8, 4) is 6.07 Å². The molecule has 45 heavy (non-hydrogen) atoms. The summed E-state index contributed by atoms with van der Waals surface area (Å²) < 4.78 is 41.7. The molecule has 0 aromatic carbocycles. The Morgan fingerprint density at radius 1 is 1.13 bits per heavy atom. The monoisotopic (exact) mass is 626 g/mol. The lowest BCUT2D eigenvalue weighted by Gasteiger charge is -2.54. The second-order valence-electron chi connectivity index (χ2n) is 13.7. The Morgan fingerprint density at radius 3 is 2.38 bits per heavy atom. The van der Waals surface area contributed by atoms with Crippen molar-refractivity contribution in [2.45, 2.75) is 83.5 Å². The van der Waals surface area contributed by atoms with Gasteiger partial charge in [0, 0.05) is 75.6 Å². The summed E-state index contributed by atoms with van der Waals surface area (Å²) >= 11 is 0. The molecule has 2 aromatic heterocycles. The predicted molar refractivity (Wildman–Crippen MR) is 165 cm³/mol. The molecule has 6 heterocycles. The SMILES string of the molecule is Cc1cnn(C2COC2)c1C1CCN(c2cc(N3C[C@@H](N4CCN(C(=O)OC(C)(C)C)CC4)[C@H]3C)c(C#N)c(C(F)F)n2)CC1. The number of carbonyl (C=O) groups excluding carboxylic acids is 1. The van der Waals surface area contributed by atoms with E-state index >= 15 is 0 Å². The van der Waals surface area contributed by atoms with Gasteiger partial charge in [-0.3, -0.25) is 9.58 Å². The van der Waals surface area contributed by atoms with Gasteiger partial charge in [-0.25, -0.2) is 18.6 Å². The van der Waals surface area contributed by atoms with Crippen LogP contribution in [0.5, 0.6) is 0 Å². The van der Waals surface area contributed by atoms with Crippen LogP contribution in [0.25, 0.3) is 0 Å². The number of ether oxygens (including phenoxy) is 2. The van der Waals surface area contributed by atoms with Gasteiger partial charge in [0.2, 0.25) is 0 Å². The molecule has 0 N–H and O–H groups in total. The van der Waals surface area contributed by atoms with Gasteiger partial charge in [0.05, 0.1) is 31.1 Å². The third kappa shape index (κ3) is 6.19. The molecule has 4 aliphatic rings. The molecule has 244 valence electrons. The molecule has 13 heteroatoms. The molecule has 2 atom stereocenters. The van der Waals surface area contributed by atoms with Crippen LogP contribution in [0.15, 0.2) is 12.3 Å². The highest BCUT2D eigenvalue weighted by Gasteiger charge is 2.43. The Labute approximate surface area is 263 Å². The number of piperazine rings is 1. The number of piperidine rings is 1. The first-order valence-corrected chi connectivity index (χ1v) is 16.0. The first-order chi connectivity index (χ1) is 21.4. The average molecular weight is 627 g/mol. The molecule has 6 rings (SSSR count). The Bertz CT molecular complexity index is 1430. The van der Waals surface area contributed by atoms with E-state index in [0.29, 0.717) is 76.5 Å². The number of aromatic nitrogens is 3. The lowest BCUT2D eigenvalue weighted by molar-refractivity contribution is -0.0304. The molecular weight excluding hydrogens is 582 g/mol. The number of nitrogens with zero attached hydrogens (tertiary/aromatic N) is 8. The Hall–Kier alpha value is -3.50. The van der Waals surface area contributed by atoms with Crippen LogP contribution in [0, 0.1) is 18.3 Å². The first kappa shape index (κ1) is 31.5. The summed E-state index contributed by atoms with van der Waals surface area (Å²) in [5.41, 5.74) is 1.90. The number of pyridine rings is 1. The largest absolute Gasteiger partial charge is 0.444 e. The van der Waals surface area contributed by atoms with Crippen LogP contribution < -0.4 is 9.80 Å². The van der Waals surface area contributed by atoms with Crippen molar-refractivity contribution in [1.29, 1.82) is 5.26 Å². The highest BCUT2D eigenvalue weighted by Crippen LogP contribution is 2.40. The van der Waals surface area contributed by atoms with Gasteiger partial charge in [0.25, 0.3) is 6.43 Å². The van der Waals surface area contributed by atoms with Crippen LogP contribution in [0.4, 0.5) is 25.1 Å². The standard InChI is InChI=1S/C32H44F2N8O3/c1-20-16-36-42(23-18-44-19-23)29(20)22-6-8-39(9-7-22)27-14-25(24(15-35)28(37-27)30(33)34)41-17-26(21(41)2)38-10-12-40(13-11-38)31(43)45-32(3,4)5/h14,16,21-23,26,30H,6-13,17-19H2,1-5H3/t21-,26-/m1/s1. The molecule has 2 aromatic rings. The van der Waals surface area contributed by atoms with Crippen molar-refractivity contribution in [3.05, 3.63) is 34.8 Å². The highest BCUT2D eigenvalue weighted by molar-refractivity contribution is 5.69. The van der Waals surface area contributed by atoms with Crippen LogP contribution in [-0.4, -0.2) is 107 Å². The van der Waals surface area contributed by atoms with Crippen LogP contribution in [0.1, 0.15) is 81.4 Å². The number of hydrogen-bond acceptors (Lipinski definition) is 9. The molecule has 4 aliphatic heterocycles.